The average Bonchev–Trinajstić information content (AvgIpc) is 2.11. The molecule has 0 aromatic heterocycles. The molecule has 0 bridgehead atoms. The van der Waals surface area contributed by atoms with Crippen LogP contribution in [0.1, 0.15) is 13.3 Å². The van der Waals surface area contributed by atoms with Crippen molar-refractivity contribution in [2.24, 2.45) is 0 Å². The van der Waals surface area contributed by atoms with Gasteiger partial charge in [-0.15, -0.1) is 0 Å². The highest BCUT2D eigenvalue weighted by molar-refractivity contribution is 5.35. The van der Waals surface area contributed by atoms with Gasteiger partial charge in [0.05, 0.1) is 5.57 Å². The molecule has 0 nitrogen and oxygen atoms in total. The molecule has 0 aliphatic heterocycles. The smallest absolute Gasteiger partial charge is 0.166 e. The first-order valence-corrected chi connectivity index (χ1v) is 3.62. The van der Waals surface area contributed by atoms with Gasteiger partial charge in [0.25, 0.3) is 0 Å². The van der Waals surface area contributed by atoms with Crippen LogP contribution in [-0.2, 0) is 0 Å². The first-order valence-electron chi connectivity index (χ1n) is 3.62. The van der Waals surface area contributed by atoms with Crippen LogP contribution in [0.3, 0.4) is 0 Å². The molecule has 12 heavy (non-hydrogen) atoms. The van der Waals surface area contributed by atoms with E-state index in [0.29, 0.717) is 12.0 Å². The number of hydrogen-bond acceptors (Lipinski definition) is 0. The summed E-state index contributed by atoms with van der Waals surface area (Å²) in [4.78, 5) is 0. The van der Waals surface area contributed by atoms with Gasteiger partial charge in [0, 0.05) is 0 Å². The number of hydrogen-bond donors (Lipinski definition) is 0. The summed E-state index contributed by atoms with van der Waals surface area (Å²) in [6.45, 7) is 1.67. The molecule has 0 aromatic rings. The second-order valence-corrected chi connectivity index (χ2v) is 2.68. The van der Waals surface area contributed by atoms with Gasteiger partial charge >= 0.3 is 6.18 Å². The topological polar surface area (TPSA) is 0 Å². The zero-order chi connectivity index (χ0) is 9.19. The molecule has 1 aliphatic carbocycles. The third kappa shape index (κ3) is 2.26. The van der Waals surface area contributed by atoms with Gasteiger partial charge in [-0.1, -0.05) is 23.8 Å². The summed E-state index contributed by atoms with van der Waals surface area (Å²) in [5.74, 6) is 0. The van der Waals surface area contributed by atoms with Crippen LogP contribution < -0.4 is 0 Å². The predicted octanol–water partition coefficient (Wildman–Crippen LogP) is 3.38. The molecule has 0 spiro atoms. The summed E-state index contributed by atoms with van der Waals surface area (Å²) < 4.78 is 36.4. The first kappa shape index (κ1) is 9.10. The molecule has 1 rings (SSSR count). The Kier molecular flexibility index (Phi) is 2.40. The maximum Gasteiger partial charge on any atom is 0.416 e. The van der Waals surface area contributed by atoms with Gasteiger partial charge < -0.3 is 0 Å². The fourth-order valence-corrected chi connectivity index (χ4v) is 0.978. The Morgan fingerprint density at radius 2 is 2.00 bits per heavy atom. The van der Waals surface area contributed by atoms with Crippen molar-refractivity contribution in [3.63, 3.8) is 0 Å². The van der Waals surface area contributed by atoms with Crippen LogP contribution in [0.4, 0.5) is 13.2 Å². The quantitative estimate of drug-likeness (QED) is 0.528. The summed E-state index contributed by atoms with van der Waals surface area (Å²) >= 11 is 0. The van der Waals surface area contributed by atoms with E-state index < -0.39 is 11.7 Å². The van der Waals surface area contributed by atoms with Crippen LogP contribution in [0.25, 0.3) is 0 Å². The van der Waals surface area contributed by atoms with E-state index >= 15 is 0 Å². The van der Waals surface area contributed by atoms with E-state index in [0.717, 1.165) is 12.2 Å². The van der Waals surface area contributed by atoms with Crippen LogP contribution in [0.2, 0.25) is 0 Å². The Hall–Kier alpha value is -0.990. The van der Waals surface area contributed by atoms with E-state index in [9.17, 15) is 13.2 Å². The predicted molar refractivity (Wildman–Crippen MR) is 41.7 cm³/mol. The van der Waals surface area contributed by atoms with Crippen molar-refractivity contribution in [1.82, 2.24) is 0 Å². The highest BCUT2D eigenvalue weighted by atomic mass is 19.4. The highest BCUT2D eigenvalue weighted by Crippen LogP contribution is 2.28. The molecule has 0 aromatic carbocycles. The molecule has 0 atom stereocenters. The van der Waals surface area contributed by atoms with Crippen molar-refractivity contribution < 1.29 is 13.2 Å². The molecule has 0 heterocycles. The molecule has 0 unspecified atom stereocenters. The minimum Gasteiger partial charge on any atom is -0.166 e. The van der Waals surface area contributed by atoms with E-state index in [1.807, 2.05) is 0 Å². The van der Waals surface area contributed by atoms with Crippen molar-refractivity contribution >= 4 is 0 Å². The van der Waals surface area contributed by atoms with E-state index in [-0.39, 0.29) is 0 Å². The van der Waals surface area contributed by atoms with Crippen molar-refractivity contribution in [2.75, 3.05) is 0 Å². The lowest BCUT2D eigenvalue weighted by Crippen LogP contribution is -2.09. The molecule has 0 N–H and O–H groups in total. The monoisotopic (exact) mass is 174 g/mol. The van der Waals surface area contributed by atoms with Gasteiger partial charge in [0.15, 0.2) is 0 Å². The number of alkyl halides is 3. The molecule has 66 valence electrons. The fraction of sp³-hybridized carbons (Fsp3) is 0.333. The lowest BCUT2D eigenvalue weighted by atomic mass is 10.2. The maximum atomic E-state index is 12.1. The molecule has 0 amide bonds. The van der Waals surface area contributed by atoms with Gasteiger partial charge in [-0.2, -0.15) is 13.2 Å². The first-order chi connectivity index (χ1) is 5.50. The highest BCUT2D eigenvalue weighted by Gasteiger charge is 2.31. The molecule has 0 saturated carbocycles. The van der Waals surface area contributed by atoms with Crippen molar-refractivity contribution in [1.29, 1.82) is 0 Å². The third-order valence-corrected chi connectivity index (χ3v) is 1.58. The summed E-state index contributed by atoms with van der Waals surface area (Å²) in [6, 6.07) is 0. The molecular formula is C9H9F3. The Morgan fingerprint density at radius 1 is 1.33 bits per heavy atom. The largest absolute Gasteiger partial charge is 0.416 e. The molecule has 0 fully saturated rings. The maximum absolute atomic E-state index is 12.1. The normalized spacial score (nSPS) is 18.3. The minimum absolute atomic E-state index is 0.571. The summed E-state index contributed by atoms with van der Waals surface area (Å²) in [7, 11) is 0. The Labute approximate surface area is 69.1 Å². The number of halogens is 3. The Balaban J connectivity index is 2.96. The van der Waals surface area contributed by atoms with Crippen molar-refractivity contribution in [3.05, 3.63) is 35.5 Å². The zero-order valence-corrected chi connectivity index (χ0v) is 6.65. The molecule has 3 heteroatoms. The van der Waals surface area contributed by atoms with Crippen LogP contribution >= 0.6 is 0 Å². The van der Waals surface area contributed by atoms with Crippen LogP contribution in [0.5, 0.6) is 0 Å². The van der Waals surface area contributed by atoms with E-state index in [1.54, 1.807) is 13.0 Å². The van der Waals surface area contributed by atoms with Gasteiger partial charge in [0.2, 0.25) is 0 Å². The molecular weight excluding hydrogens is 165 g/mol. The van der Waals surface area contributed by atoms with Crippen molar-refractivity contribution in [3.8, 4) is 0 Å². The van der Waals surface area contributed by atoms with Crippen LogP contribution in [0.15, 0.2) is 35.5 Å². The second-order valence-electron chi connectivity index (χ2n) is 2.68. The van der Waals surface area contributed by atoms with Gasteiger partial charge in [-0.05, 0) is 19.4 Å². The van der Waals surface area contributed by atoms with E-state index in [4.69, 9.17) is 0 Å². The van der Waals surface area contributed by atoms with Gasteiger partial charge in [0.1, 0.15) is 0 Å². The van der Waals surface area contributed by atoms with E-state index in [2.05, 4.69) is 0 Å². The third-order valence-electron chi connectivity index (χ3n) is 1.58. The van der Waals surface area contributed by atoms with Crippen LogP contribution in [0, 0.1) is 0 Å². The second kappa shape index (κ2) is 3.17. The van der Waals surface area contributed by atoms with E-state index in [1.165, 1.54) is 6.08 Å². The molecule has 1 aliphatic rings. The number of allylic oxidation sites excluding steroid dienone is 6. The van der Waals surface area contributed by atoms with Crippen molar-refractivity contribution in [2.45, 2.75) is 19.5 Å². The summed E-state index contributed by atoms with van der Waals surface area (Å²) in [5, 5.41) is 0. The molecule has 0 radical (unpaired) electrons. The van der Waals surface area contributed by atoms with Crippen LogP contribution in [-0.4, -0.2) is 6.18 Å². The lowest BCUT2D eigenvalue weighted by Gasteiger charge is -2.06. The Morgan fingerprint density at radius 3 is 2.58 bits per heavy atom. The molecule has 0 saturated heterocycles. The lowest BCUT2D eigenvalue weighted by molar-refractivity contribution is -0.0882. The SMILES string of the molecule is CC1=CCC=CC(C(F)(F)F)=C1. The fourth-order valence-electron chi connectivity index (χ4n) is 0.978. The van der Waals surface area contributed by atoms with Gasteiger partial charge in [-0.25, -0.2) is 0 Å². The zero-order valence-electron chi connectivity index (χ0n) is 6.65. The average molecular weight is 174 g/mol. The number of rotatable bonds is 0. The summed E-state index contributed by atoms with van der Waals surface area (Å²) in [5.41, 5.74) is 0.0843. The van der Waals surface area contributed by atoms with Gasteiger partial charge in [-0.3, -0.25) is 0 Å². The minimum atomic E-state index is -4.23. The standard InChI is InChI=1S/C9H9F3/c1-7-4-2-3-5-8(6-7)9(10,11)12/h3-6H,2H2,1H3. The summed E-state index contributed by atoms with van der Waals surface area (Å²) in [6.07, 6.45) is 1.89. The Bertz CT molecular complexity index is 253.